The average molecular weight is 453 g/mol. The molecule has 6 nitrogen and oxygen atoms in total. The highest BCUT2D eigenvalue weighted by molar-refractivity contribution is 7.09. The Morgan fingerprint density at radius 3 is 2.62 bits per heavy atom. The highest BCUT2D eigenvalue weighted by Crippen LogP contribution is 2.36. The van der Waals surface area contributed by atoms with Gasteiger partial charge in [-0.3, -0.25) is 9.59 Å². The van der Waals surface area contributed by atoms with Crippen molar-refractivity contribution in [3.8, 4) is 11.5 Å². The Morgan fingerprint density at radius 1 is 1.09 bits per heavy atom. The number of carbonyl (C=O) groups excluding carboxylic acids is 2. The Labute approximate surface area is 188 Å². The van der Waals surface area contributed by atoms with E-state index in [1.165, 1.54) is 12.1 Å². The zero-order valence-electron chi connectivity index (χ0n) is 17.2. The Balaban J connectivity index is 1.38. The maximum absolute atomic E-state index is 13.5. The van der Waals surface area contributed by atoms with E-state index < -0.39 is 5.92 Å². The van der Waals surface area contributed by atoms with Crippen LogP contribution in [-0.2, 0) is 16.1 Å². The quantitative estimate of drug-likeness (QED) is 0.581. The summed E-state index contributed by atoms with van der Waals surface area (Å²) >= 11 is 1.55. The van der Waals surface area contributed by atoms with Crippen LogP contribution in [0.15, 0.2) is 60.0 Å². The summed E-state index contributed by atoms with van der Waals surface area (Å²) in [6.45, 7) is 1.60. The molecule has 1 saturated heterocycles. The molecule has 0 radical (unpaired) electrons. The van der Waals surface area contributed by atoms with Crippen molar-refractivity contribution in [2.75, 3.05) is 29.6 Å². The van der Waals surface area contributed by atoms with E-state index >= 15 is 0 Å². The molecule has 1 fully saturated rings. The lowest BCUT2D eigenvalue weighted by atomic mass is 10.1. The predicted octanol–water partition coefficient (Wildman–Crippen LogP) is 4.24. The maximum atomic E-state index is 13.5. The van der Waals surface area contributed by atoms with Crippen LogP contribution in [0, 0.1) is 11.7 Å². The van der Waals surface area contributed by atoms with Gasteiger partial charge in [0, 0.05) is 35.3 Å². The van der Waals surface area contributed by atoms with Crippen molar-refractivity contribution >= 4 is 34.5 Å². The standard InChI is InChI=1S/C24H21FN2O4S/c25-17-3-5-18(6-4-17)27(15-20-2-1-11-32-20)24(29)16-12-23(28)26(14-16)19-7-8-21-22(13-19)31-10-9-30-21/h1-8,11,13,16H,9-10,12,14-15H2. The van der Waals surface area contributed by atoms with Crippen LogP contribution in [-0.4, -0.2) is 31.6 Å². The Bertz CT molecular complexity index is 1130. The van der Waals surface area contributed by atoms with Crippen LogP contribution in [0.5, 0.6) is 11.5 Å². The van der Waals surface area contributed by atoms with Crippen LogP contribution >= 0.6 is 11.3 Å². The van der Waals surface area contributed by atoms with Gasteiger partial charge in [-0.15, -0.1) is 11.3 Å². The van der Waals surface area contributed by atoms with Gasteiger partial charge < -0.3 is 19.3 Å². The minimum absolute atomic E-state index is 0.116. The summed E-state index contributed by atoms with van der Waals surface area (Å²) in [6.07, 6.45) is 0.120. The van der Waals surface area contributed by atoms with E-state index in [0.29, 0.717) is 42.6 Å². The van der Waals surface area contributed by atoms with Crippen LogP contribution in [0.25, 0.3) is 0 Å². The molecule has 32 heavy (non-hydrogen) atoms. The normalized spacial score (nSPS) is 17.5. The van der Waals surface area contributed by atoms with Gasteiger partial charge in [-0.05, 0) is 47.8 Å². The predicted molar refractivity (Wildman–Crippen MR) is 120 cm³/mol. The van der Waals surface area contributed by atoms with Crippen LogP contribution in [0.1, 0.15) is 11.3 Å². The van der Waals surface area contributed by atoms with E-state index in [1.807, 2.05) is 23.6 Å². The largest absolute Gasteiger partial charge is 0.486 e. The second kappa shape index (κ2) is 8.63. The monoisotopic (exact) mass is 452 g/mol. The van der Waals surface area contributed by atoms with Crippen LogP contribution < -0.4 is 19.3 Å². The van der Waals surface area contributed by atoms with Gasteiger partial charge in [0.1, 0.15) is 19.0 Å². The van der Waals surface area contributed by atoms with Crippen molar-refractivity contribution < 1.29 is 23.5 Å². The molecule has 2 amide bonds. The van der Waals surface area contributed by atoms with E-state index in [4.69, 9.17) is 9.47 Å². The lowest BCUT2D eigenvalue weighted by molar-refractivity contribution is -0.124. The molecule has 8 heteroatoms. The van der Waals surface area contributed by atoms with E-state index in [1.54, 1.807) is 45.4 Å². The Morgan fingerprint density at radius 2 is 1.88 bits per heavy atom. The minimum atomic E-state index is -0.499. The molecule has 5 rings (SSSR count). The van der Waals surface area contributed by atoms with Gasteiger partial charge in [0.15, 0.2) is 11.5 Å². The minimum Gasteiger partial charge on any atom is -0.486 e. The number of hydrogen-bond donors (Lipinski definition) is 0. The van der Waals surface area contributed by atoms with E-state index in [-0.39, 0.29) is 30.6 Å². The number of carbonyl (C=O) groups is 2. The van der Waals surface area contributed by atoms with Crippen molar-refractivity contribution in [3.05, 3.63) is 70.7 Å². The fourth-order valence-corrected chi connectivity index (χ4v) is 4.71. The number of anilines is 2. The summed E-state index contributed by atoms with van der Waals surface area (Å²) in [6, 6.07) is 15.1. The highest BCUT2D eigenvalue weighted by atomic mass is 32.1. The first-order valence-corrected chi connectivity index (χ1v) is 11.3. The molecule has 0 spiro atoms. The van der Waals surface area contributed by atoms with Crippen molar-refractivity contribution in [1.82, 2.24) is 0 Å². The third-order valence-corrected chi connectivity index (χ3v) is 6.47. The Hall–Kier alpha value is -3.39. The number of halogens is 1. The number of rotatable bonds is 5. The molecule has 3 heterocycles. The number of fused-ring (bicyclic) bond motifs is 1. The topological polar surface area (TPSA) is 59.1 Å². The molecule has 0 N–H and O–H groups in total. The lowest BCUT2D eigenvalue weighted by Gasteiger charge is -2.26. The van der Waals surface area contributed by atoms with Gasteiger partial charge in [-0.1, -0.05) is 6.07 Å². The number of ether oxygens (including phenoxy) is 2. The second-order valence-corrected chi connectivity index (χ2v) is 8.75. The van der Waals surface area contributed by atoms with Gasteiger partial charge in [-0.25, -0.2) is 4.39 Å². The third kappa shape index (κ3) is 4.05. The summed E-state index contributed by atoms with van der Waals surface area (Å²) in [5.41, 5.74) is 1.29. The smallest absolute Gasteiger partial charge is 0.232 e. The van der Waals surface area contributed by atoms with Crippen molar-refractivity contribution in [1.29, 1.82) is 0 Å². The maximum Gasteiger partial charge on any atom is 0.232 e. The zero-order chi connectivity index (χ0) is 22.1. The zero-order valence-corrected chi connectivity index (χ0v) is 18.0. The molecule has 3 aromatic rings. The van der Waals surface area contributed by atoms with Crippen molar-refractivity contribution in [2.45, 2.75) is 13.0 Å². The van der Waals surface area contributed by atoms with Crippen LogP contribution in [0.4, 0.5) is 15.8 Å². The van der Waals surface area contributed by atoms with Gasteiger partial charge >= 0.3 is 0 Å². The molecule has 0 bridgehead atoms. The summed E-state index contributed by atoms with van der Waals surface area (Å²) in [5, 5.41) is 1.95. The molecular formula is C24H21FN2O4S. The molecule has 164 valence electrons. The van der Waals surface area contributed by atoms with Gasteiger partial charge in [0.2, 0.25) is 11.8 Å². The van der Waals surface area contributed by atoms with Crippen LogP contribution in [0.2, 0.25) is 0 Å². The Kier molecular flexibility index (Phi) is 5.53. The van der Waals surface area contributed by atoms with Gasteiger partial charge in [0.25, 0.3) is 0 Å². The van der Waals surface area contributed by atoms with Crippen molar-refractivity contribution in [3.63, 3.8) is 0 Å². The third-order valence-electron chi connectivity index (χ3n) is 5.61. The SMILES string of the molecule is O=C1CC(C(=O)N(Cc2cccs2)c2ccc(F)cc2)CN1c1ccc2c(c1)OCCO2. The molecule has 2 aromatic carbocycles. The number of nitrogens with zero attached hydrogens (tertiary/aromatic N) is 2. The number of thiophene rings is 1. The van der Waals surface area contributed by atoms with Gasteiger partial charge in [0.05, 0.1) is 12.5 Å². The fourth-order valence-electron chi connectivity index (χ4n) is 4.02. The lowest BCUT2D eigenvalue weighted by Crippen LogP contribution is -2.37. The van der Waals surface area contributed by atoms with E-state index in [0.717, 1.165) is 4.88 Å². The molecule has 1 unspecified atom stereocenters. The first kappa shape index (κ1) is 20.5. The van der Waals surface area contributed by atoms with Crippen LogP contribution in [0.3, 0.4) is 0 Å². The molecule has 1 aromatic heterocycles. The first-order valence-electron chi connectivity index (χ1n) is 10.4. The number of benzene rings is 2. The van der Waals surface area contributed by atoms with E-state index in [9.17, 15) is 14.0 Å². The fraction of sp³-hybridized carbons (Fsp3) is 0.250. The summed E-state index contributed by atoms with van der Waals surface area (Å²) in [4.78, 5) is 30.6. The van der Waals surface area contributed by atoms with E-state index in [2.05, 4.69) is 0 Å². The summed E-state index contributed by atoms with van der Waals surface area (Å²) in [5.74, 6) is 0.118. The number of hydrogen-bond acceptors (Lipinski definition) is 5. The highest BCUT2D eigenvalue weighted by Gasteiger charge is 2.38. The second-order valence-electron chi connectivity index (χ2n) is 7.71. The molecule has 2 aliphatic rings. The number of amides is 2. The molecule has 0 aliphatic carbocycles. The van der Waals surface area contributed by atoms with Gasteiger partial charge in [-0.2, -0.15) is 0 Å². The average Bonchev–Trinajstić information content (AvgIpc) is 3.47. The molecule has 2 aliphatic heterocycles. The molecule has 0 saturated carbocycles. The summed E-state index contributed by atoms with van der Waals surface area (Å²) in [7, 11) is 0. The first-order chi connectivity index (χ1) is 15.6. The molecular weight excluding hydrogens is 431 g/mol. The summed E-state index contributed by atoms with van der Waals surface area (Å²) < 4.78 is 24.6. The molecule has 1 atom stereocenters. The van der Waals surface area contributed by atoms with Crippen molar-refractivity contribution in [2.24, 2.45) is 5.92 Å².